The molecule has 1 unspecified atom stereocenters. The number of methoxy groups -OCH3 is 1. The lowest BCUT2D eigenvalue weighted by atomic mass is 9.84. The molecule has 2 aromatic heterocycles. The number of alkyl halides is 3. The smallest absolute Gasteiger partial charge is 0.406 e. The Balaban J connectivity index is 0.898. The Bertz CT molecular complexity index is 2840. The third kappa shape index (κ3) is 11.9. The first-order valence-corrected chi connectivity index (χ1v) is 29.9. The van der Waals surface area contributed by atoms with Gasteiger partial charge in [0.15, 0.2) is 0 Å². The molecule has 1 aliphatic carbocycles. The number of nitrogens with one attached hydrogen (secondary N) is 3. The van der Waals surface area contributed by atoms with Gasteiger partial charge < -0.3 is 48.8 Å². The largest absolute Gasteiger partial charge is 0.464 e. The number of nitrogens with zero attached hydrogens (tertiary/aromatic N) is 8. The molecule has 1 spiro atoms. The lowest BCUT2D eigenvalue weighted by Crippen LogP contribution is -2.62. The summed E-state index contributed by atoms with van der Waals surface area (Å²) in [7, 11) is 1.57. The summed E-state index contributed by atoms with van der Waals surface area (Å²) in [5.41, 5.74) is 6.37. The molecule has 8 fully saturated rings. The highest BCUT2D eigenvalue weighted by Gasteiger charge is 2.51. The number of carbonyl (C=O) groups excluding carboxylic acids is 4. The van der Waals surface area contributed by atoms with Crippen molar-refractivity contribution in [2.45, 2.75) is 140 Å². The Morgan fingerprint density at radius 3 is 2.53 bits per heavy atom. The van der Waals surface area contributed by atoms with Crippen molar-refractivity contribution >= 4 is 46.0 Å². The van der Waals surface area contributed by atoms with Crippen molar-refractivity contribution in [3.05, 3.63) is 41.7 Å². The molecule has 8 atom stereocenters. The van der Waals surface area contributed by atoms with Gasteiger partial charge in [0.1, 0.15) is 18.6 Å². The van der Waals surface area contributed by atoms with Crippen molar-refractivity contribution in [3.8, 4) is 11.3 Å². The van der Waals surface area contributed by atoms with E-state index in [9.17, 15) is 9.59 Å². The fourth-order valence-electron chi connectivity index (χ4n) is 14.8. The molecule has 3 N–H and O–H groups in total. The van der Waals surface area contributed by atoms with Crippen LogP contribution in [0.25, 0.3) is 22.2 Å². The number of amides is 3. The molecule has 7 saturated heterocycles. The minimum Gasteiger partial charge on any atom is -0.464 e. The summed E-state index contributed by atoms with van der Waals surface area (Å²) >= 11 is 0. The van der Waals surface area contributed by atoms with Crippen molar-refractivity contribution in [3.63, 3.8) is 0 Å². The number of benzene rings is 1. The van der Waals surface area contributed by atoms with E-state index in [0.29, 0.717) is 112 Å². The Labute approximate surface area is 472 Å². The van der Waals surface area contributed by atoms with E-state index in [-0.39, 0.29) is 60.6 Å². The summed E-state index contributed by atoms with van der Waals surface area (Å²) in [4.78, 5) is 73.9. The van der Waals surface area contributed by atoms with Gasteiger partial charge in [-0.25, -0.2) is 5.43 Å². The van der Waals surface area contributed by atoms with Crippen molar-refractivity contribution < 1.29 is 51.3 Å². The number of morpholine rings is 2. The average molecular weight is 1130 g/mol. The number of fused-ring (bicyclic) bond motifs is 7. The second kappa shape index (κ2) is 22.8. The molecule has 3 amide bonds. The maximum Gasteiger partial charge on any atom is 0.406 e. The second-order valence-corrected chi connectivity index (χ2v) is 25.6. The van der Waals surface area contributed by atoms with Gasteiger partial charge in [0.05, 0.1) is 80.0 Å². The summed E-state index contributed by atoms with van der Waals surface area (Å²) < 4.78 is 71.7. The van der Waals surface area contributed by atoms with Crippen molar-refractivity contribution in [1.82, 2.24) is 45.3 Å². The number of anilines is 2. The highest BCUT2D eigenvalue weighted by atomic mass is 19.4. The summed E-state index contributed by atoms with van der Waals surface area (Å²) in [5.74, 6) is -0.832. The number of hydrogen-bond acceptors (Lipinski definition) is 15. The monoisotopic (exact) mass is 1130 g/mol. The lowest BCUT2D eigenvalue weighted by molar-refractivity contribution is -0.156. The van der Waals surface area contributed by atoms with E-state index in [4.69, 9.17) is 23.9 Å². The minimum absolute atomic E-state index is 0.0629. The number of halogens is 3. The molecule has 3 aromatic rings. The number of aromatic nitrogens is 2. The molecule has 22 heteroatoms. The number of carbonyl (C=O) groups is 4. The molecule has 9 aliphatic rings. The van der Waals surface area contributed by atoms with Crippen LogP contribution in [0.5, 0.6) is 0 Å². The number of hydrazine groups is 1. The first kappa shape index (κ1) is 56.4. The zero-order chi connectivity index (χ0) is 56.4. The van der Waals surface area contributed by atoms with Gasteiger partial charge >= 0.3 is 12.1 Å². The molecule has 81 heavy (non-hydrogen) atoms. The van der Waals surface area contributed by atoms with Gasteiger partial charge in [-0.15, -0.1) is 0 Å². The molecular formula is C59H82F3N11O8. The Hall–Kier alpha value is -5.10. The van der Waals surface area contributed by atoms with Crippen LogP contribution >= 0.6 is 0 Å². The number of rotatable bonds is 10. The van der Waals surface area contributed by atoms with E-state index in [0.717, 1.165) is 82.6 Å². The minimum atomic E-state index is -4.61. The molecule has 19 nitrogen and oxygen atoms in total. The highest BCUT2D eigenvalue weighted by molar-refractivity contribution is 5.95. The lowest BCUT2D eigenvalue weighted by Gasteiger charge is -2.44. The standard InChI is InChI=1S/C59H82F3N11O8/c1-37(78-4)50-44(25-40(28-64-50)68-19-18-67-20-22-79-32-41(67)30-68)52-45-27-57(2,3)36-81-56(77)46-10-7-15-73(66-46)55(76)47(26-42-31-69(21-23-80-42)39-11-12-49(43(45)24-39)72(52)35-59(60,61)62)65-53(74)51(38-8-5-6-9-38)70-16-13-58(33-70)14-17-71(34-58)54(75)48-29-63-48/h11-12,24-25,28,37-38,41-42,46-48,51,63,66H,5-10,13-23,26-27,29-36H2,1-4H3,(H,65,74)/t37-,41-,42-,46-,47-,48+,51?,58-/m0/s1. The number of ether oxygens (including phenoxy) is 4. The number of esters is 1. The van der Waals surface area contributed by atoms with Crippen LogP contribution in [0.3, 0.4) is 0 Å². The van der Waals surface area contributed by atoms with Gasteiger partial charge in [0.25, 0.3) is 5.91 Å². The normalized spacial score (nSPS) is 29.7. The van der Waals surface area contributed by atoms with Crippen LogP contribution in [-0.4, -0.2) is 208 Å². The Morgan fingerprint density at radius 1 is 0.938 bits per heavy atom. The third-order valence-electron chi connectivity index (χ3n) is 19.2. The first-order chi connectivity index (χ1) is 38.9. The van der Waals surface area contributed by atoms with Gasteiger partial charge in [-0.2, -0.15) is 13.2 Å². The van der Waals surface area contributed by atoms with Gasteiger partial charge in [-0.3, -0.25) is 39.0 Å². The van der Waals surface area contributed by atoms with Crippen LogP contribution in [0.15, 0.2) is 30.5 Å². The van der Waals surface area contributed by atoms with Crippen LogP contribution in [0.1, 0.15) is 95.9 Å². The van der Waals surface area contributed by atoms with E-state index in [2.05, 4.69) is 35.7 Å². The average Bonchev–Trinajstić information content (AvgIpc) is 3.99. The van der Waals surface area contributed by atoms with E-state index in [1.54, 1.807) is 19.4 Å². The van der Waals surface area contributed by atoms with Crippen molar-refractivity contribution in [2.75, 3.05) is 122 Å². The highest BCUT2D eigenvalue weighted by Crippen LogP contribution is 2.46. The zero-order valence-electron chi connectivity index (χ0n) is 47.6. The molecule has 10 heterocycles. The maximum atomic E-state index is 15.3. The summed E-state index contributed by atoms with van der Waals surface area (Å²) in [6.07, 6.45) is 3.03. The molecule has 1 saturated carbocycles. The van der Waals surface area contributed by atoms with Crippen LogP contribution in [0.4, 0.5) is 24.5 Å². The van der Waals surface area contributed by atoms with Crippen molar-refractivity contribution in [1.29, 1.82) is 0 Å². The summed E-state index contributed by atoms with van der Waals surface area (Å²) in [6, 6.07) is 5.35. The van der Waals surface area contributed by atoms with E-state index in [1.165, 1.54) is 9.58 Å². The number of cyclic esters (lactones) is 1. The number of hydrogen-bond donors (Lipinski definition) is 3. The van der Waals surface area contributed by atoms with Gasteiger partial charge in [0, 0.05) is 119 Å². The van der Waals surface area contributed by atoms with Gasteiger partial charge in [0.2, 0.25) is 11.8 Å². The topological polar surface area (TPSA) is 188 Å². The number of likely N-dealkylation sites (tertiary alicyclic amines) is 2. The van der Waals surface area contributed by atoms with Crippen LogP contribution in [-0.2, 0) is 51.1 Å². The fraction of sp³-hybridized carbons (Fsp3) is 0.712. The third-order valence-corrected chi connectivity index (χ3v) is 19.2. The predicted molar refractivity (Wildman–Crippen MR) is 297 cm³/mol. The van der Waals surface area contributed by atoms with Crippen LogP contribution in [0, 0.1) is 16.7 Å². The molecule has 0 radical (unpaired) electrons. The number of piperazine rings is 1. The number of pyridine rings is 1. The van der Waals surface area contributed by atoms with Crippen LogP contribution in [0.2, 0.25) is 0 Å². The van der Waals surface area contributed by atoms with Gasteiger partial charge in [-0.1, -0.05) is 26.7 Å². The molecular weight excluding hydrogens is 1050 g/mol. The van der Waals surface area contributed by atoms with Crippen LogP contribution < -0.4 is 25.9 Å². The summed E-state index contributed by atoms with van der Waals surface area (Å²) in [6.45, 7) is 13.8. The molecule has 1 aromatic carbocycles. The summed E-state index contributed by atoms with van der Waals surface area (Å²) in [5, 5.41) is 8.56. The second-order valence-electron chi connectivity index (χ2n) is 25.6. The molecule has 6 bridgehead atoms. The van der Waals surface area contributed by atoms with E-state index < -0.39 is 54.4 Å². The Kier molecular flexibility index (Phi) is 15.9. The maximum absolute atomic E-state index is 15.3. The Morgan fingerprint density at radius 2 is 1.74 bits per heavy atom. The molecule has 442 valence electrons. The SMILES string of the molecule is CO[C@@H](C)c1ncc(N2CCN3CCOC[C@@H]3C2)cc1-c1c2c3cc(ccc3n1CC(F)(F)F)N1CCO[C@@H](C[C@H](NC(=O)C(C3CCCC3)N3CC[C@]4(CCN(C(=O)[C@H]5CN5)C4)C3)C(=O)N3CCC[C@H](N3)C(=O)OCC(C)(C)C2)C1. The van der Waals surface area contributed by atoms with E-state index >= 15 is 22.8 Å². The quantitative estimate of drug-likeness (QED) is 0.188. The van der Waals surface area contributed by atoms with Gasteiger partial charge in [-0.05, 0) is 94.2 Å². The zero-order valence-corrected chi connectivity index (χ0v) is 47.6. The fourth-order valence-corrected chi connectivity index (χ4v) is 14.8. The van der Waals surface area contributed by atoms with Crippen molar-refractivity contribution in [2.24, 2.45) is 16.7 Å². The first-order valence-electron chi connectivity index (χ1n) is 29.9. The molecule has 8 aliphatic heterocycles. The predicted octanol–water partition coefficient (Wildman–Crippen LogP) is 4.65. The molecule has 12 rings (SSSR count). The van der Waals surface area contributed by atoms with E-state index in [1.807, 2.05) is 43.9 Å².